The van der Waals surface area contributed by atoms with Crippen LogP contribution in [0.15, 0.2) is 0 Å². The highest BCUT2D eigenvalue weighted by molar-refractivity contribution is 4.88. The molecule has 1 aliphatic carbocycles. The van der Waals surface area contributed by atoms with Crippen LogP contribution in [0.1, 0.15) is 46.0 Å². The number of halogens is 2. The molecule has 14 heavy (non-hydrogen) atoms. The summed E-state index contributed by atoms with van der Waals surface area (Å²) in [4.78, 5) is 0. The number of aliphatic hydroxyl groups is 1. The molecule has 0 radical (unpaired) electrons. The zero-order valence-corrected chi connectivity index (χ0v) is 8.97. The van der Waals surface area contributed by atoms with Crippen LogP contribution in [0.5, 0.6) is 0 Å². The van der Waals surface area contributed by atoms with Crippen LogP contribution in [0.2, 0.25) is 0 Å². The maximum atomic E-state index is 12.6. The van der Waals surface area contributed by atoms with Gasteiger partial charge < -0.3 is 5.11 Å². The topological polar surface area (TPSA) is 20.2 Å². The Balaban J connectivity index is 2.51. The van der Waals surface area contributed by atoms with Crippen molar-refractivity contribution >= 4 is 0 Å². The van der Waals surface area contributed by atoms with Gasteiger partial charge in [-0.3, -0.25) is 0 Å². The van der Waals surface area contributed by atoms with Crippen molar-refractivity contribution in [2.45, 2.75) is 58.0 Å². The Morgan fingerprint density at radius 3 is 2.57 bits per heavy atom. The summed E-state index contributed by atoms with van der Waals surface area (Å²) < 4.78 is 25.1. The molecule has 84 valence electrons. The van der Waals surface area contributed by atoms with Crippen molar-refractivity contribution in [3.05, 3.63) is 0 Å². The summed E-state index contributed by atoms with van der Waals surface area (Å²) in [5, 5.41) is 9.68. The van der Waals surface area contributed by atoms with E-state index in [1.807, 2.05) is 0 Å². The molecule has 0 saturated heterocycles. The van der Waals surface area contributed by atoms with Crippen LogP contribution in [0.25, 0.3) is 0 Å². The van der Waals surface area contributed by atoms with Gasteiger partial charge in [0.15, 0.2) is 0 Å². The Morgan fingerprint density at radius 2 is 2.07 bits per heavy atom. The number of hydrogen-bond donors (Lipinski definition) is 1. The summed E-state index contributed by atoms with van der Waals surface area (Å²) in [6, 6.07) is 0. The molecule has 2 atom stereocenters. The van der Waals surface area contributed by atoms with Gasteiger partial charge in [-0.15, -0.1) is 0 Å². The lowest BCUT2D eigenvalue weighted by Crippen LogP contribution is -2.42. The maximum absolute atomic E-state index is 12.6. The molecule has 1 nitrogen and oxygen atoms in total. The van der Waals surface area contributed by atoms with Gasteiger partial charge >= 0.3 is 0 Å². The van der Waals surface area contributed by atoms with Crippen LogP contribution in [0.3, 0.4) is 0 Å². The van der Waals surface area contributed by atoms with E-state index in [0.717, 1.165) is 19.3 Å². The largest absolute Gasteiger partial charge is 0.384 e. The van der Waals surface area contributed by atoms with E-state index in [-0.39, 0.29) is 18.8 Å². The highest BCUT2D eigenvalue weighted by atomic mass is 19.3. The summed E-state index contributed by atoms with van der Waals surface area (Å²) in [5.74, 6) is 0.808. The van der Waals surface area contributed by atoms with Crippen molar-refractivity contribution < 1.29 is 13.9 Å². The monoisotopic (exact) mass is 206 g/mol. The first-order chi connectivity index (χ1) is 6.44. The molecule has 0 bridgehead atoms. The standard InChI is InChI=1S/C11H20F2O/c1-8(2)6-9-4-3-5-11(14,7-9)10(12)13/h8-10,14H,3-7H2,1-2H3. The zero-order valence-electron chi connectivity index (χ0n) is 8.97. The van der Waals surface area contributed by atoms with E-state index in [0.29, 0.717) is 5.92 Å². The summed E-state index contributed by atoms with van der Waals surface area (Å²) in [5.41, 5.74) is -1.70. The van der Waals surface area contributed by atoms with Crippen molar-refractivity contribution in [1.82, 2.24) is 0 Å². The predicted molar refractivity (Wildman–Crippen MR) is 52.4 cm³/mol. The van der Waals surface area contributed by atoms with Gasteiger partial charge in [-0.05, 0) is 31.1 Å². The molecule has 0 aromatic carbocycles. The van der Waals surface area contributed by atoms with E-state index in [1.54, 1.807) is 0 Å². The number of rotatable bonds is 3. The highest BCUT2D eigenvalue weighted by Crippen LogP contribution is 2.38. The third-order valence-corrected chi connectivity index (χ3v) is 3.08. The highest BCUT2D eigenvalue weighted by Gasteiger charge is 2.41. The summed E-state index contributed by atoms with van der Waals surface area (Å²) in [6.45, 7) is 4.19. The van der Waals surface area contributed by atoms with Gasteiger partial charge in [0.25, 0.3) is 6.43 Å². The molecule has 0 aromatic heterocycles. The molecule has 0 aromatic rings. The molecule has 1 N–H and O–H groups in total. The molecule has 3 heteroatoms. The van der Waals surface area contributed by atoms with E-state index < -0.39 is 12.0 Å². The van der Waals surface area contributed by atoms with Crippen molar-refractivity contribution in [2.75, 3.05) is 0 Å². The van der Waals surface area contributed by atoms with Crippen molar-refractivity contribution in [2.24, 2.45) is 11.8 Å². The summed E-state index contributed by atoms with van der Waals surface area (Å²) in [7, 11) is 0. The van der Waals surface area contributed by atoms with Crippen molar-refractivity contribution in [1.29, 1.82) is 0 Å². The van der Waals surface area contributed by atoms with Gasteiger partial charge in [-0.25, -0.2) is 8.78 Å². The first-order valence-electron chi connectivity index (χ1n) is 5.44. The predicted octanol–water partition coefficient (Wildman–Crippen LogP) is 3.22. The average molecular weight is 206 g/mol. The minimum Gasteiger partial charge on any atom is -0.384 e. The number of hydrogen-bond acceptors (Lipinski definition) is 1. The molecule has 1 aliphatic rings. The number of alkyl halides is 2. The van der Waals surface area contributed by atoms with E-state index >= 15 is 0 Å². The molecule has 0 spiro atoms. The minimum atomic E-state index is -2.59. The van der Waals surface area contributed by atoms with Gasteiger partial charge in [0.1, 0.15) is 5.60 Å². The Kier molecular flexibility index (Phi) is 3.87. The fourth-order valence-electron chi connectivity index (χ4n) is 2.47. The molecule has 2 unspecified atom stereocenters. The average Bonchev–Trinajstić information content (AvgIpc) is 2.02. The second-order valence-electron chi connectivity index (χ2n) is 5.00. The second-order valence-corrected chi connectivity index (χ2v) is 5.00. The third kappa shape index (κ3) is 2.91. The Hall–Kier alpha value is -0.180. The molecule has 0 heterocycles. The smallest absolute Gasteiger partial charge is 0.266 e. The summed E-state index contributed by atoms with van der Waals surface area (Å²) in [6.07, 6.45) is 0.639. The molecule has 1 fully saturated rings. The Morgan fingerprint density at radius 1 is 1.43 bits per heavy atom. The van der Waals surface area contributed by atoms with Gasteiger partial charge in [-0.2, -0.15) is 0 Å². The van der Waals surface area contributed by atoms with Crippen LogP contribution in [0, 0.1) is 11.8 Å². The van der Waals surface area contributed by atoms with Crippen LogP contribution in [-0.2, 0) is 0 Å². The molecule has 1 saturated carbocycles. The van der Waals surface area contributed by atoms with Gasteiger partial charge in [0, 0.05) is 0 Å². The van der Waals surface area contributed by atoms with Crippen LogP contribution < -0.4 is 0 Å². The van der Waals surface area contributed by atoms with E-state index in [1.165, 1.54) is 0 Å². The van der Waals surface area contributed by atoms with E-state index in [2.05, 4.69) is 13.8 Å². The van der Waals surface area contributed by atoms with Gasteiger partial charge in [0.2, 0.25) is 0 Å². The Labute approximate surface area is 84.5 Å². The SMILES string of the molecule is CC(C)CC1CCCC(O)(C(F)F)C1. The third-order valence-electron chi connectivity index (χ3n) is 3.08. The van der Waals surface area contributed by atoms with Gasteiger partial charge in [0.05, 0.1) is 0 Å². The molecular weight excluding hydrogens is 186 g/mol. The normalized spacial score (nSPS) is 34.1. The first-order valence-corrected chi connectivity index (χ1v) is 5.44. The van der Waals surface area contributed by atoms with E-state index in [9.17, 15) is 13.9 Å². The minimum absolute atomic E-state index is 0.263. The lowest BCUT2D eigenvalue weighted by molar-refractivity contribution is -0.128. The van der Waals surface area contributed by atoms with Crippen molar-refractivity contribution in [3.8, 4) is 0 Å². The molecule has 0 amide bonds. The maximum Gasteiger partial charge on any atom is 0.266 e. The lowest BCUT2D eigenvalue weighted by Gasteiger charge is -2.36. The quantitative estimate of drug-likeness (QED) is 0.751. The fourth-order valence-corrected chi connectivity index (χ4v) is 2.47. The second kappa shape index (κ2) is 4.56. The lowest BCUT2D eigenvalue weighted by atomic mass is 9.75. The fraction of sp³-hybridized carbons (Fsp3) is 1.00. The Bertz CT molecular complexity index is 182. The van der Waals surface area contributed by atoms with Crippen LogP contribution >= 0.6 is 0 Å². The molecular formula is C11H20F2O. The van der Waals surface area contributed by atoms with Crippen LogP contribution in [-0.4, -0.2) is 17.1 Å². The summed E-state index contributed by atoms with van der Waals surface area (Å²) >= 11 is 0. The zero-order chi connectivity index (χ0) is 10.8. The molecule has 0 aliphatic heterocycles. The van der Waals surface area contributed by atoms with Crippen LogP contribution in [0.4, 0.5) is 8.78 Å². The van der Waals surface area contributed by atoms with Crippen molar-refractivity contribution in [3.63, 3.8) is 0 Å². The van der Waals surface area contributed by atoms with Gasteiger partial charge in [-0.1, -0.05) is 26.7 Å². The first kappa shape index (κ1) is 11.9. The van der Waals surface area contributed by atoms with E-state index in [4.69, 9.17) is 0 Å². The molecule has 1 rings (SSSR count).